The average molecular weight is 369 g/mol. The zero-order chi connectivity index (χ0) is 19.2. The maximum absolute atomic E-state index is 12.5. The number of para-hydroxylation sites is 1. The minimum absolute atomic E-state index is 0.103. The van der Waals surface area contributed by atoms with E-state index in [1.54, 1.807) is 18.2 Å². The fourth-order valence-electron chi connectivity index (χ4n) is 3.30. The van der Waals surface area contributed by atoms with Crippen LogP contribution in [0.15, 0.2) is 48.5 Å². The number of carboxylic acids is 1. The van der Waals surface area contributed by atoms with Crippen LogP contribution >= 0.6 is 0 Å². The zero-order valence-electron chi connectivity index (χ0n) is 15.2. The van der Waals surface area contributed by atoms with E-state index in [1.165, 1.54) is 7.11 Å². The van der Waals surface area contributed by atoms with Crippen LogP contribution in [0.25, 0.3) is 0 Å². The largest absolute Gasteiger partial charge is 0.494 e. The zero-order valence-corrected chi connectivity index (χ0v) is 15.2. The van der Waals surface area contributed by atoms with Gasteiger partial charge in [0.1, 0.15) is 17.2 Å². The number of methoxy groups -OCH3 is 1. The van der Waals surface area contributed by atoms with E-state index in [1.807, 2.05) is 30.3 Å². The minimum atomic E-state index is -0.774. The van der Waals surface area contributed by atoms with Gasteiger partial charge in [0.2, 0.25) is 5.91 Å². The summed E-state index contributed by atoms with van der Waals surface area (Å²) >= 11 is 0. The minimum Gasteiger partial charge on any atom is -0.494 e. The normalized spacial score (nSPS) is 19.1. The molecule has 1 saturated carbocycles. The van der Waals surface area contributed by atoms with Crippen molar-refractivity contribution in [2.75, 3.05) is 12.4 Å². The van der Waals surface area contributed by atoms with E-state index in [-0.39, 0.29) is 17.7 Å². The molecule has 3 rings (SSSR count). The molecule has 0 unspecified atom stereocenters. The second kappa shape index (κ2) is 8.58. The van der Waals surface area contributed by atoms with E-state index in [4.69, 9.17) is 14.6 Å². The van der Waals surface area contributed by atoms with Gasteiger partial charge in [0, 0.05) is 12.0 Å². The maximum Gasteiger partial charge on any atom is 0.306 e. The Morgan fingerprint density at radius 2 is 1.63 bits per heavy atom. The Morgan fingerprint density at radius 3 is 2.26 bits per heavy atom. The monoisotopic (exact) mass is 369 g/mol. The molecule has 2 aromatic rings. The first-order valence-corrected chi connectivity index (χ1v) is 9.01. The summed E-state index contributed by atoms with van der Waals surface area (Å²) in [7, 11) is 1.54. The molecule has 1 amide bonds. The number of amides is 1. The van der Waals surface area contributed by atoms with Gasteiger partial charge in [-0.15, -0.1) is 0 Å². The second-order valence-corrected chi connectivity index (χ2v) is 6.65. The smallest absolute Gasteiger partial charge is 0.306 e. The van der Waals surface area contributed by atoms with Crippen molar-refractivity contribution in [3.63, 3.8) is 0 Å². The standard InChI is InChI=1S/C21H23NO5/c1-26-19-13-17(27-16-5-3-2-4-6-16)11-12-18(19)22-20(23)14-7-9-15(10-8-14)21(24)25/h2-6,11-15H,7-10H2,1H3,(H,22,23)(H,24,25). The molecule has 6 heteroatoms. The summed E-state index contributed by atoms with van der Waals surface area (Å²) in [6.07, 6.45) is 2.24. The van der Waals surface area contributed by atoms with Crippen molar-refractivity contribution < 1.29 is 24.2 Å². The van der Waals surface area contributed by atoms with Crippen LogP contribution in [0.3, 0.4) is 0 Å². The summed E-state index contributed by atoms with van der Waals surface area (Å²) in [6, 6.07) is 14.6. The summed E-state index contributed by atoms with van der Waals surface area (Å²) < 4.78 is 11.2. The van der Waals surface area contributed by atoms with Crippen LogP contribution in [0.4, 0.5) is 5.69 Å². The van der Waals surface area contributed by atoms with Crippen molar-refractivity contribution in [1.29, 1.82) is 0 Å². The highest BCUT2D eigenvalue weighted by molar-refractivity contribution is 5.94. The van der Waals surface area contributed by atoms with Crippen molar-refractivity contribution in [3.05, 3.63) is 48.5 Å². The fourth-order valence-corrected chi connectivity index (χ4v) is 3.30. The van der Waals surface area contributed by atoms with Gasteiger partial charge in [0.25, 0.3) is 0 Å². The Labute approximate surface area is 158 Å². The van der Waals surface area contributed by atoms with Gasteiger partial charge in [-0.1, -0.05) is 18.2 Å². The Morgan fingerprint density at radius 1 is 0.963 bits per heavy atom. The van der Waals surface area contributed by atoms with Crippen molar-refractivity contribution in [2.45, 2.75) is 25.7 Å². The lowest BCUT2D eigenvalue weighted by molar-refractivity contribution is -0.143. The molecular formula is C21H23NO5. The predicted octanol–water partition coefficient (Wildman–Crippen LogP) is 4.32. The number of rotatable bonds is 6. The predicted molar refractivity (Wildman–Crippen MR) is 101 cm³/mol. The van der Waals surface area contributed by atoms with E-state index in [0.29, 0.717) is 48.6 Å². The number of carboxylic acid groups (broad SMARTS) is 1. The highest BCUT2D eigenvalue weighted by atomic mass is 16.5. The lowest BCUT2D eigenvalue weighted by Gasteiger charge is -2.25. The van der Waals surface area contributed by atoms with Crippen molar-refractivity contribution in [2.24, 2.45) is 11.8 Å². The molecule has 0 aromatic heterocycles. The number of nitrogens with one attached hydrogen (secondary N) is 1. The Bertz CT molecular complexity index is 797. The van der Waals surface area contributed by atoms with Crippen molar-refractivity contribution in [1.82, 2.24) is 0 Å². The average Bonchev–Trinajstić information content (AvgIpc) is 2.70. The molecule has 0 saturated heterocycles. The van der Waals surface area contributed by atoms with Crippen molar-refractivity contribution >= 4 is 17.6 Å². The summed E-state index contributed by atoms with van der Waals surface area (Å²) in [5, 5.41) is 12.0. The molecule has 27 heavy (non-hydrogen) atoms. The number of ether oxygens (including phenoxy) is 2. The van der Waals surface area contributed by atoms with Crippen LogP contribution in [-0.4, -0.2) is 24.1 Å². The number of carbonyl (C=O) groups is 2. The molecule has 0 heterocycles. The Balaban J connectivity index is 1.64. The number of hydrogen-bond donors (Lipinski definition) is 2. The first kappa shape index (κ1) is 18.8. The summed E-state index contributed by atoms with van der Waals surface area (Å²) in [5.74, 6) is 0.447. The van der Waals surface area contributed by atoms with Gasteiger partial charge < -0.3 is 19.9 Å². The lowest BCUT2D eigenvalue weighted by atomic mass is 9.81. The van der Waals surface area contributed by atoms with E-state index in [0.717, 1.165) is 0 Å². The fraction of sp³-hybridized carbons (Fsp3) is 0.333. The van der Waals surface area contributed by atoms with E-state index < -0.39 is 5.97 Å². The number of benzene rings is 2. The summed E-state index contributed by atoms with van der Waals surface area (Å²) in [5.41, 5.74) is 0.572. The molecule has 1 aliphatic rings. The summed E-state index contributed by atoms with van der Waals surface area (Å²) in [6.45, 7) is 0. The number of anilines is 1. The third-order valence-electron chi connectivity index (χ3n) is 4.86. The highest BCUT2D eigenvalue weighted by Crippen LogP contribution is 2.34. The van der Waals surface area contributed by atoms with Gasteiger partial charge in [-0.2, -0.15) is 0 Å². The molecular weight excluding hydrogens is 346 g/mol. The third kappa shape index (κ3) is 4.78. The number of hydrogen-bond acceptors (Lipinski definition) is 4. The van der Waals surface area contributed by atoms with Gasteiger partial charge in [-0.05, 0) is 49.9 Å². The molecule has 0 bridgehead atoms. The number of carbonyl (C=O) groups excluding carboxylic acids is 1. The molecule has 142 valence electrons. The summed E-state index contributed by atoms with van der Waals surface area (Å²) in [4.78, 5) is 23.6. The Kier molecular flexibility index (Phi) is 5.96. The van der Waals surface area contributed by atoms with Crippen molar-refractivity contribution in [3.8, 4) is 17.2 Å². The van der Waals surface area contributed by atoms with Crippen LogP contribution in [0.5, 0.6) is 17.2 Å². The Hall–Kier alpha value is -3.02. The molecule has 0 atom stereocenters. The maximum atomic E-state index is 12.5. The molecule has 1 aliphatic carbocycles. The SMILES string of the molecule is COc1cc(Oc2ccccc2)ccc1NC(=O)C1CCC(C(=O)O)CC1. The molecule has 0 aliphatic heterocycles. The van der Waals surface area contributed by atoms with Crippen LogP contribution < -0.4 is 14.8 Å². The molecule has 0 spiro atoms. The van der Waals surface area contributed by atoms with Gasteiger partial charge in [0.05, 0.1) is 18.7 Å². The van der Waals surface area contributed by atoms with Crippen LogP contribution in [0.2, 0.25) is 0 Å². The molecule has 1 fully saturated rings. The van der Waals surface area contributed by atoms with Crippen LogP contribution in [0.1, 0.15) is 25.7 Å². The molecule has 6 nitrogen and oxygen atoms in total. The van der Waals surface area contributed by atoms with Gasteiger partial charge in [0.15, 0.2) is 0 Å². The van der Waals surface area contributed by atoms with E-state index >= 15 is 0 Å². The van der Waals surface area contributed by atoms with E-state index in [9.17, 15) is 9.59 Å². The van der Waals surface area contributed by atoms with Crippen LogP contribution in [0, 0.1) is 11.8 Å². The number of aliphatic carboxylic acids is 1. The molecule has 2 N–H and O–H groups in total. The first-order valence-electron chi connectivity index (χ1n) is 9.01. The second-order valence-electron chi connectivity index (χ2n) is 6.65. The van der Waals surface area contributed by atoms with Gasteiger partial charge in [-0.25, -0.2) is 0 Å². The topological polar surface area (TPSA) is 84.9 Å². The van der Waals surface area contributed by atoms with Gasteiger partial charge in [-0.3, -0.25) is 9.59 Å². The van der Waals surface area contributed by atoms with Crippen LogP contribution in [-0.2, 0) is 9.59 Å². The lowest BCUT2D eigenvalue weighted by Crippen LogP contribution is -2.29. The van der Waals surface area contributed by atoms with E-state index in [2.05, 4.69) is 5.32 Å². The highest BCUT2D eigenvalue weighted by Gasteiger charge is 2.30. The quantitative estimate of drug-likeness (QED) is 0.792. The first-order chi connectivity index (χ1) is 13.1. The third-order valence-corrected chi connectivity index (χ3v) is 4.86. The molecule has 0 radical (unpaired) electrons. The molecule has 2 aromatic carbocycles. The van der Waals surface area contributed by atoms with Gasteiger partial charge >= 0.3 is 5.97 Å².